The summed E-state index contributed by atoms with van der Waals surface area (Å²) in [7, 11) is 3.96. The number of fused-ring (bicyclic) bond motifs is 5. The van der Waals surface area contributed by atoms with Crippen molar-refractivity contribution in [1.29, 1.82) is 0 Å². The topological polar surface area (TPSA) is 41.8 Å². The molecule has 3 aliphatic rings. The van der Waals surface area contributed by atoms with Crippen LogP contribution in [0.4, 0.5) is 0 Å². The zero-order chi connectivity index (χ0) is 14.4. The predicted octanol–water partition coefficient (Wildman–Crippen LogP) is 1.21. The van der Waals surface area contributed by atoms with Crippen molar-refractivity contribution < 1.29 is 4.74 Å². The molecule has 0 aliphatic carbocycles. The maximum Gasteiger partial charge on any atom is 0.193 e. The first-order chi connectivity index (χ1) is 10.3. The molecule has 5 heteroatoms. The second-order valence-corrected chi connectivity index (χ2v) is 6.53. The van der Waals surface area contributed by atoms with Crippen LogP contribution in [0.15, 0.2) is 23.3 Å². The lowest BCUT2D eigenvalue weighted by atomic mass is 9.82. The Hall–Kier alpha value is -1.49. The van der Waals surface area contributed by atoms with Gasteiger partial charge in [0.2, 0.25) is 0 Å². The van der Waals surface area contributed by atoms with Gasteiger partial charge in [0.25, 0.3) is 0 Å². The molecular formula is C16H24N4O. The summed E-state index contributed by atoms with van der Waals surface area (Å²) in [6, 6.07) is 4.22. The Morgan fingerprint density at radius 3 is 2.62 bits per heavy atom. The summed E-state index contributed by atoms with van der Waals surface area (Å²) in [6.07, 6.45) is 5.62. The van der Waals surface area contributed by atoms with Crippen molar-refractivity contribution in [3.63, 3.8) is 0 Å². The lowest BCUT2D eigenvalue weighted by Crippen LogP contribution is -2.41. The van der Waals surface area contributed by atoms with Crippen molar-refractivity contribution in [2.24, 2.45) is 23.9 Å². The monoisotopic (exact) mass is 288 g/mol. The summed E-state index contributed by atoms with van der Waals surface area (Å²) in [4.78, 5) is 6.90. The van der Waals surface area contributed by atoms with E-state index in [1.54, 1.807) is 0 Å². The number of ether oxygens (including phenoxy) is 1. The number of likely N-dealkylation sites (tertiary alicyclic amines) is 1. The lowest BCUT2D eigenvalue weighted by Gasteiger charge is -2.23. The molecule has 0 radical (unpaired) electrons. The van der Waals surface area contributed by atoms with Crippen LogP contribution in [-0.4, -0.2) is 47.8 Å². The Kier molecular flexibility index (Phi) is 3.17. The van der Waals surface area contributed by atoms with Crippen LogP contribution in [0, 0.1) is 11.8 Å². The SMILES string of the molecule is CN=C(NCc1cccn1C)N1CC2C3CCC(O3)C2C1. The highest BCUT2D eigenvalue weighted by Gasteiger charge is 2.53. The molecule has 4 heterocycles. The van der Waals surface area contributed by atoms with Gasteiger partial charge in [0.15, 0.2) is 5.96 Å². The van der Waals surface area contributed by atoms with Crippen molar-refractivity contribution in [3.8, 4) is 0 Å². The molecule has 3 aliphatic heterocycles. The quantitative estimate of drug-likeness (QED) is 0.657. The van der Waals surface area contributed by atoms with Crippen molar-refractivity contribution in [1.82, 2.24) is 14.8 Å². The molecule has 1 N–H and O–H groups in total. The number of hydrogen-bond donors (Lipinski definition) is 1. The summed E-state index contributed by atoms with van der Waals surface area (Å²) in [5.41, 5.74) is 1.28. The number of aryl methyl sites for hydroxylation is 1. The molecule has 21 heavy (non-hydrogen) atoms. The van der Waals surface area contributed by atoms with Crippen LogP contribution in [0.5, 0.6) is 0 Å². The van der Waals surface area contributed by atoms with E-state index in [-0.39, 0.29) is 0 Å². The molecule has 0 amide bonds. The van der Waals surface area contributed by atoms with Crippen molar-refractivity contribution in [2.45, 2.75) is 31.6 Å². The van der Waals surface area contributed by atoms with E-state index < -0.39 is 0 Å². The molecule has 114 valence electrons. The van der Waals surface area contributed by atoms with Crippen LogP contribution in [0.3, 0.4) is 0 Å². The van der Waals surface area contributed by atoms with Gasteiger partial charge in [-0.15, -0.1) is 0 Å². The fourth-order valence-corrected chi connectivity index (χ4v) is 4.31. The fourth-order valence-electron chi connectivity index (χ4n) is 4.31. The predicted molar refractivity (Wildman–Crippen MR) is 82.1 cm³/mol. The first-order valence-corrected chi connectivity index (χ1v) is 7.97. The van der Waals surface area contributed by atoms with E-state index in [9.17, 15) is 0 Å². The molecular weight excluding hydrogens is 264 g/mol. The number of rotatable bonds is 2. The van der Waals surface area contributed by atoms with E-state index in [1.165, 1.54) is 18.5 Å². The summed E-state index contributed by atoms with van der Waals surface area (Å²) in [5, 5.41) is 3.51. The maximum absolute atomic E-state index is 6.05. The summed E-state index contributed by atoms with van der Waals surface area (Å²) < 4.78 is 8.19. The van der Waals surface area contributed by atoms with Gasteiger partial charge in [0, 0.05) is 50.9 Å². The first-order valence-electron chi connectivity index (χ1n) is 7.97. The number of guanidine groups is 1. The highest BCUT2D eigenvalue weighted by Crippen LogP contribution is 2.47. The zero-order valence-electron chi connectivity index (χ0n) is 12.8. The number of nitrogens with one attached hydrogen (secondary N) is 1. The third-order valence-electron chi connectivity index (χ3n) is 5.44. The van der Waals surface area contributed by atoms with E-state index in [1.807, 2.05) is 7.05 Å². The van der Waals surface area contributed by atoms with Crippen LogP contribution in [-0.2, 0) is 18.3 Å². The highest BCUT2D eigenvalue weighted by atomic mass is 16.5. The van der Waals surface area contributed by atoms with E-state index in [4.69, 9.17) is 4.74 Å². The van der Waals surface area contributed by atoms with E-state index >= 15 is 0 Å². The number of hydrogen-bond acceptors (Lipinski definition) is 2. The van der Waals surface area contributed by atoms with E-state index in [0.29, 0.717) is 12.2 Å². The molecule has 3 fully saturated rings. The van der Waals surface area contributed by atoms with Crippen LogP contribution < -0.4 is 5.32 Å². The number of aromatic nitrogens is 1. The van der Waals surface area contributed by atoms with E-state index in [2.05, 4.69) is 45.2 Å². The lowest BCUT2D eigenvalue weighted by molar-refractivity contribution is 0.0767. The van der Waals surface area contributed by atoms with Gasteiger partial charge in [-0.3, -0.25) is 4.99 Å². The van der Waals surface area contributed by atoms with Crippen LogP contribution in [0.2, 0.25) is 0 Å². The normalized spacial score (nSPS) is 34.6. The van der Waals surface area contributed by atoms with Crippen molar-refractivity contribution in [3.05, 3.63) is 24.0 Å². The minimum atomic E-state index is 0.510. The van der Waals surface area contributed by atoms with Gasteiger partial charge in [-0.05, 0) is 25.0 Å². The fraction of sp³-hybridized carbons (Fsp3) is 0.688. The zero-order valence-corrected chi connectivity index (χ0v) is 12.8. The van der Waals surface area contributed by atoms with Gasteiger partial charge >= 0.3 is 0 Å². The van der Waals surface area contributed by atoms with Gasteiger partial charge in [0.1, 0.15) is 0 Å². The molecule has 0 saturated carbocycles. The van der Waals surface area contributed by atoms with Crippen LogP contribution in [0.25, 0.3) is 0 Å². The molecule has 3 saturated heterocycles. The standard InChI is InChI=1S/C16H24N4O/c1-17-16(18-8-11-4-3-7-19(11)2)20-9-12-13(10-20)15-6-5-14(12)21-15/h3-4,7,12-15H,5-6,8-10H2,1-2H3,(H,17,18). The van der Waals surface area contributed by atoms with Gasteiger partial charge in [0.05, 0.1) is 18.8 Å². The maximum atomic E-state index is 6.05. The average molecular weight is 288 g/mol. The third-order valence-corrected chi connectivity index (χ3v) is 5.44. The Bertz CT molecular complexity index is 534. The molecule has 2 bridgehead atoms. The van der Waals surface area contributed by atoms with Crippen LogP contribution >= 0.6 is 0 Å². The Balaban J connectivity index is 1.40. The highest BCUT2D eigenvalue weighted by molar-refractivity contribution is 5.80. The third kappa shape index (κ3) is 2.14. The van der Waals surface area contributed by atoms with Gasteiger partial charge in [-0.25, -0.2) is 0 Å². The Morgan fingerprint density at radius 1 is 1.33 bits per heavy atom. The first kappa shape index (κ1) is 13.2. The van der Waals surface area contributed by atoms with Gasteiger partial charge in [-0.1, -0.05) is 0 Å². The van der Waals surface area contributed by atoms with E-state index in [0.717, 1.165) is 37.4 Å². The number of nitrogens with zero attached hydrogens (tertiary/aromatic N) is 3. The molecule has 4 unspecified atom stereocenters. The molecule has 4 atom stereocenters. The summed E-state index contributed by atoms with van der Waals surface area (Å²) >= 11 is 0. The Labute approximate surface area is 126 Å². The second-order valence-electron chi connectivity index (χ2n) is 6.53. The molecule has 5 nitrogen and oxygen atoms in total. The van der Waals surface area contributed by atoms with Crippen LogP contribution in [0.1, 0.15) is 18.5 Å². The summed E-state index contributed by atoms with van der Waals surface area (Å²) in [6.45, 7) is 3.02. The molecule has 4 rings (SSSR count). The van der Waals surface area contributed by atoms with Gasteiger partial charge in [-0.2, -0.15) is 0 Å². The molecule has 0 spiro atoms. The van der Waals surface area contributed by atoms with Crippen molar-refractivity contribution in [2.75, 3.05) is 20.1 Å². The molecule has 0 aromatic carbocycles. The molecule has 1 aromatic rings. The molecule has 1 aromatic heterocycles. The largest absolute Gasteiger partial charge is 0.374 e. The minimum Gasteiger partial charge on any atom is -0.374 e. The average Bonchev–Trinajstić information content (AvgIpc) is 3.20. The number of aliphatic imine (C=N–C) groups is 1. The summed E-state index contributed by atoms with van der Waals surface area (Å²) in [5.74, 6) is 2.47. The van der Waals surface area contributed by atoms with Crippen molar-refractivity contribution >= 4 is 5.96 Å². The Morgan fingerprint density at radius 2 is 2.05 bits per heavy atom. The second kappa shape index (κ2) is 5.05. The smallest absolute Gasteiger partial charge is 0.193 e. The minimum absolute atomic E-state index is 0.510. The van der Waals surface area contributed by atoms with Gasteiger partial charge < -0.3 is 19.5 Å².